The fraction of sp³-hybridized carbons (Fsp3) is 0.500. The molecule has 3 nitrogen and oxygen atoms in total. The molecule has 0 aliphatic heterocycles. The number of benzene rings is 1. The molecule has 1 aromatic rings. The summed E-state index contributed by atoms with van der Waals surface area (Å²) >= 11 is 6.19. The number of halogens is 1. The summed E-state index contributed by atoms with van der Waals surface area (Å²) < 4.78 is 0. The first-order valence-corrected chi connectivity index (χ1v) is 5.74. The molecule has 0 amide bonds. The van der Waals surface area contributed by atoms with Gasteiger partial charge in [0.1, 0.15) is 0 Å². The fourth-order valence-electron chi connectivity index (χ4n) is 1.45. The molecule has 16 heavy (non-hydrogen) atoms. The van der Waals surface area contributed by atoms with Crippen molar-refractivity contribution in [2.24, 2.45) is 5.73 Å². The topological polar surface area (TPSA) is 49.5 Å². The van der Waals surface area contributed by atoms with Crippen molar-refractivity contribution >= 4 is 17.3 Å². The van der Waals surface area contributed by atoms with E-state index in [0.29, 0.717) is 5.02 Å². The third kappa shape index (κ3) is 2.88. The Balaban J connectivity index is 2.99. The van der Waals surface area contributed by atoms with E-state index in [4.69, 9.17) is 22.4 Å². The number of nitrogens with zero attached hydrogens (tertiary/aromatic N) is 1. The molecule has 0 fully saturated rings. The first-order chi connectivity index (χ1) is 7.47. The maximum atomic E-state index is 9.10. The Morgan fingerprint density at radius 2 is 2.06 bits per heavy atom. The van der Waals surface area contributed by atoms with Crippen LogP contribution >= 0.6 is 11.6 Å². The van der Waals surface area contributed by atoms with E-state index >= 15 is 0 Å². The Bertz CT molecular complexity index is 355. The van der Waals surface area contributed by atoms with Gasteiger partial charge in [0.15, 0.2) is 0 Å². The first kappa shape index (κ1) is 13.3. The number of anilines is 1. The predicted octanol–water partition coefficient (Wildman–Crippen LogP) is 2.18. The van der Waals surface area contributed by atoms with Crippen LogP contribution in [0.2, 0.25) is 5.02 Å². The van der Waals surface area contributed by atoms with Gasteiger partial charge in [-0.2, -0.15) is 0 Å². The molecule has 0 saturated heterocycles. The third-order valence-electron chi connectivity index (χ3n) is 2.80. The van der Waals surface area contributed by atoms with Crippen LogP contribution < -0.4 is 10.6 Å². The van der Waals surface area contributed by atoms with Crippen LogP contribution in [-0.4, -0.2) is 24.8 Å². The Morgan fingerprint density at radius 1 is 1.44 bits per heavy atom. The van der Waals surface area contributed by atoms with E-state index in [1.165, 1.54) is 0 Å². The molecule has 1 aromatic carbocycles. The monoisotopic (exact) mass is 242 g/mol. The summed E-state index contributed by atoms with van der Waals surface area (Å²) in [6.07, 6.45) is 0. The largest absolute Gasteiger partial charge is 0.394 e. The SMILES string of the molecule is CC(CO)N(C)c1ccc([C@H](C)N)cc1Cl. The van der Waals surface area contributed by atoms with Gasteiger partial charge in [-0.1, -0.05) is 17.7 Å². The minimum Gasteiger partial charge on any atom is -0.394 e. The minimum atomic E-state index is -0.0212. The summed E-state index contributed by atoms with van der Waals surface area (Å²) in [5.74, 6) is 0. The highest BCUT2D eigenvalue weighted by atomic mass is 35.5. The van der Waals surface area contributed by atoms with Crippen molar-refractivity contribution in [1.29, 1.82) is 0 Å². The summed E-state index contributed by atoms with van der Waals surface area (Å²) in [6.45, 7) is 3.96. The number of nitrogens with two attached hydrogens (primary N) is 1. The van der Waals surface area contributed by atoms with Crippen molar-refractivity contribution in [2.45, 2.75) is 25.9 Å². The van der Waals surface area contributed by atoms with Crippen LogP contribution in [-0.2, 0) is 0 Å². The van der Waals surface area contributed by atoms with Crippen LogP contribution in [0.5, 0.6) is 0 Å². The van der Waals surface area contributed by atoms with Crippen LogP contribution in [0.1, 0.15) is 25.5 Å². The van der Waals surface area contributed by atoms with Gasteiger partial charge in [-0.05, 0) is 31.5 Å². The molecule has 0 aliphatic carbocycles. The van der Waals surface area contributed by atoms with E-state index in [2.05, 4.69) is 0 Å². The van der Waals surface area contributed by atoms with Crippen molar-refractivity contribution in [3.63, 3.8) is 0 Å². The molecule has 1 rings (SSSR count). The molecule has 2 atom stereocenters. The van der Waals surface area contributed by atoms with Crippen LogP contribution in [0.3, 0.4) is 0 Å². The van der Waals surface area contributed by atoms with Gasteiger partial charge in [-0.15, -0.1) is 0 Å². The van der Waals surface area contributed by atoms with Gasteiger partial charge >= 0.3 is 0 Å². The second-order valence-electron chi connectivity index (χ2n) is 4.14. The Morgan fingerprint density at radius 3 is 2.50 bits per heavy atom. The number of hydrogen-bond acceptors (Lipinski definition) is 3. The molecule has 1 unspecified atom stereocenters. The molecule has 0 radical (unpaired) electrons. The minimum absolute atomic E-state index is 0.0212. The molecule has 0 heterocycles. The molecule has 0 spiro atoms. The lowest BCUT2D eigenvalue weighted by molar-refractivity contribution is 0.270. The maximum Gasteiger partial charge on any atom is 0.0642 e. The number of aliphatic hydroxyl groups is 1. The van der Waals surface area contributed by atoms with Gasteiger partial charge in [-0.25, -0.2) is 0 Å². The number of aliphatic hydroxyl groups excluding tert-OH is 1. The highest BCUT2D eigenvalue weighted by Crippen LogP contribution is 2.28. The molecule has 3 N–H and O–H groups in total. The van der Waals surface area contributed by atoms with Gasteiger partial charge in [0.25, 0.3) is 0 Å². The van der Waals surface area contributed by atoms with Crippen LogP contribution in [0.25, 0.3) is 0 Å². The average molecular weight is 243 g/mol. The molecule has 0 aliphatic rings. The predicted molar refractivity (Wildman–Crippen MR) is 69.0 cm³/mol. The molecule has 90 valence electrons. The third-order valence-corrected chi connectivity index (χ3v) is 3.11. The highest BCUT2D eigenvalue weighted by molar-refractivity contribution is 6.33. The van der Waals surface area contributed by atoms with Crippen molar-refractivity contribution in [3.8, 4) is 0 Å². The van der Waals surface area contributed by atoms with Gasteiger partial charge in [0.05, 0.1) is 17.3 Å². The fourth-order valence-corrected chi connectivity index (χ4v) is 1.77. The first-order valence-electron chi connectivity index (χ1n) is 5.36. The van der Waals surface area contributed by atoms with Crippen molar-refractivity contribution < 1.29 is 5.11 Å². The van der Waals surface area contributed by atoms with E-state index in [1.54, 1.807) is 0 Å². The van der Waals surface area contributed by atoms with E-state index < -0.39 is 0 Å². The smallest absolute Gasteiger partial charge is 0.0642 e. The van der Waals surface area contributed by atoms with Crippen LogP contribution in [0, 0.1) is 0 Å². The van der Waals surface area contributed by atoms with Crippen molar-refractivity contribution in [1.82, 2.24) is 0 Å². The van der Waals surface area contributed by atoms with E-state index in [1.807, 2.05) is 44.0 Å². The molecule has 0 bridgehead atoms. The zero-order chi connectivity index (χ0) is 12.3. The van der Waals surface area contributed by atoms with Crippen molar-refractivity contribution in [2.75, 3.05) is 18.6 Å². The van der Waals surface area contributed by atoms with Crippen LogP contribution in [0.4, 0.5) is 5.69 Å². The van der Waals surface area contributed by atoms with Gasteiger partial charge < -0.3 is 15.7 Å². The summed E-state index contributed by atoms with van der Waals surface area (Å²) in [5, 5.41) is 9.76. The van der Waals surface area contributed by atoms with E-state index in [0.717, 1.165) is 11.3 Å². The number of rotatable bonds is 4. The van der Waals surface area contributed by atoms with Crippen molar-refractivity contribution in [3.05, 3.63) is 28.8 Å². The molecule has 4 heteroatoms. The van der Waals surface area contributed by atoms with Gasteiger partial charge in [-0.3, -0.25) is 0 Å². The normalized spacial score (nSPS) is 14.6. The zero-order valence-corrected chi connectivity index (χ0v) is 10.7. The average Bonchev–Trinajstić information content (AvgIpc) is 2.26. The lowest BCUT2D eigenvalue weighted by Crippen LogP contribution is -2.32. The standard InChI is InChI=1S/C12H19ClN2O/c1-8(7-16)15(3)12-5-4-10(9(2)14)6-11(12)13/h4-6,8-9,16H,7,14H2,1-3H3/t8?,9-/m0/s1. The number of hydrogen-bond donors (Lipinski definition) is 2. The lowest BCUT2D eigenvalue weighted by atomic mass is 10.1. The second-order valence-corrected chi connectivity index (χ2v) is 4.55. The quantitative estimate of drug-likeness (QED) is 0.851. The molecule has 0 saturated carbocycles. The Kier molecular flexibility index (Phi) is 4.59. The van der Waals surface area contributed by atoms with E-state index in [9.17, 15) is 0 Å². The Hall–Kier alpha value is -0.770. The summed E-state index contributed by atoms with van der Waals surface area (Å²) in [6, 6.07) is 5.80. The molecular formula is C12H19ClN2O. The lowest BCUT2D eigenvalue weighted by Gasteiger charge is -2.26. The zero-order valence-electron chi connectivity index (χ0n) is 9.94. The molecular weight excluding hydrogens is 224 g/mol. The van der Waals surface area contributed by atoms with E-state index in [-0.39, 0.29) is 18.7 Å². The van der Waals surface area contributed by atoms with Gasteiger partial charge in [0, 0.05) is 19.1 Å². The summed E-state index contributed by atoms with van der Waals surface area (Å²) in [4.78, 5) is 1.95. The number of likely N-dealkylation sites (N-methyl/N-ethyl adjacent to an activating group) is 1. The maximum absolute atomic E-state index is 9.10. The summed E-state index contributed by atoms with van der Waals surface area (Å²) in [5.41, 5.74) is 7.71. The van der Waals surface area contributed by atoms with Crippen LogP contribution in [0.15, 0.2) is 18.2 Å². The highest BCUT2D eigenvalue weighted by Gasteiger charge is 2.13. The Labute approximate surface area is 102 Å². The summed E-state index contributed by atoms with van der Waals surface area (Å²) in [7, 11) is 1.91. The molecule has 0 aromatic heterocycles. The second kappa shape index (κ2) is 5.53. The van der Waals surface area contributed by atoms with Gasteiger partial charge in [0.2, 0.25) is 0 Å².